The van der Waals surface area contributed by atoms with E-state index in [-0.39, 0.29) is 44.0 Å². The zero-order valence-corrected chi connectivity index (χ0v) is 18.6. The molecule has 33 heavy (non-hydrogen) atoms. The number of carbonyl (C=O) groups is 3. The molecule has 0 bridgehead atoms. The van der Waals surface area contributed by atoms with Crippen molar-refractivity contribution in [2.75, 3.05) is 6.54 Å². The van der Waals surface area contributed by atoms with Crippen molar-refractivity contribution in [1.82, 2.24) is 10.6 Å². The number of nitrogens with two attached hydrogens (primary N) is 3. The minimum atomic E-state index is -1.59. The van der Waals surface area contributed by atoms with Crippen LogP contribution < -0.4 is 27.8 Å². The molecule has 0 spiro atoms. The van der Waals surface area contributed by atoms with Gasteiger partial charge < -0.3 is 32.9 Å². The summed E-state index contributed by atoms with van der Waals surface area (Å²) < 4.78 is 0. The molecule has 1 aromatic heterocycles. The molecule has 2 amide bonds. The third-order valence-corrected chi connectivity index (χ3v) is 5.91. The second-order valence-corrected chi connectivity index (χ2v) is 8.65. The predicted octanol–water partition coefficient (Wildman–Crippen LogP) is -0.146. The molecule has 0 saturated carbocycles. The number of amides is 2. The third kappa shape index (κ3) is 7.70. The maximum atomic E-state index is 12.8. The Balaban J connectivity index is 2.01. The van der Waals surface area contributed by atoms with Crippen molar-refractivity contribution in [3.05, 3.63) is 57.3 Å². The lowest BCUT2D eigenvalue weighted by Crippen LogP contribution is -2.57. The van der Waals surface area contributed by atoms with Gasteiger partial charge in [0.05, 0.1) is 23.5 Å². The highest BCUT2D eigenvalue weighted by atomic mass is 32.1. The van der Waals surface area contributed by atoms with Gasteiger partial charge in [0.15, 0.2) is 0 Å². The second kappa shape index (κ2) is 11.2. The van der Waals surface area contributed by atoms with Crippen molar-refractivity contribution in [3.63, 3.8) is 0 Å². The number of nitrogens with one attached hydrogen (secondary N) is 4. The van der Waals surface area contributed by atoms with Crippen molar-refractivity contribution in [3.8, 4) is 0 Å². The van der Waals surface area contributed by atoms with Crippen LogP contribution in [0.15, 0.2) is 36.4 Å². The van der Waals surface area contributed by atoms with Gasteiger partial charge in [-0.1, -0.05) is 18.2 Å². The van der Waals surface area contributed by atoms with Crippen LogP contribution in [0.1, 0.15) is 33.7 Å². The van der Waals surface area contributed by atoms with Gasteiger partial charge in [0.1, 0.15) is 11.7 Å². The summed E-state index contributed by atoms with van der Waals surface area (Å²) in [6.07, 6.45) is -0.486. The molecule has 1 aromatic carbocycles. The number of amidine groups is 2. The molecule has 11 N–H and O–H groups in total. The molecule has 0 radical (unpaired) electrons. The second-order valence-electron chi connectivity index (χ2n) is 7.48. The summed E-state index contributed by atoms with van der Waals surface area (Å²) in [7, 11) is 0. The van der Waals surface area contributed by atoms with E-state index in [4.69, 9.17) is 33.1 Å². The van der Waals surface area contributed by atoms with Crippen LogP contribution in [0.25, 0.3) is 0 Å². The lowest BCUT2D eigenvalue weighted by Gasteiger charge is -2.28. The molecular weight excluding hydrogens is 446 g/mol. The fourth-order valence-electron chi connectivity index (χ4n) is 3.03. The van der Waals surface area contributed by atoms with Crippen LogP contribution in [-0.2, 0) is 27.3 Å². The van der Waals surface area contributed by atoms with Gasteiger partial charge in [-0.25, -0.2) is 0 Å². The Hall–Kier alpha value is -3.77. The van der Waals surface area contributed by atoms with E-state index in [9.17, 15) is 14.4 Å². The van der Waals surface area contributed by atoms with Crippen molar-refractivity contribution >= 4 is 40.8 Å². The first-order chi connectivity index (χ1) is 15.5. The van der Waals surface area contributed by atoms with Crippen LogP contribution in [0.5, 0.6) is 0 Å². The Kier molecular flexibility index (Phi) is 8.65. The summed E-state index contributed by atoms with van der Waals surface area (Å²) in [6, 6.07) is 10.0. The molecule has 0 unspecified atom stereocenters. The summed E-state index contributed by atoms with van der Waals surface area (Å²) in [5.74, 6) is -2.43. The molecule has 0 aliphatic rings. The Labute approximate surface area is 194 Å². The lowest BCUT2D eigenvalue weighted by molar-refractivity contribution is -0.138. The molecule has 1 heterocycles. The van der Waals surface area contributed by atoms with Crippen LogP contribution in [0, 0.1) is 10.8 Å². The van der Waals surface area contributed by atoms with Gasteiger partial charge >= 0.3 is 5.97 Å². The maximum absolute atomic E-state index is 12.8. The van der Waals surface area contributed by atoms with Gasteiger partial charge in [-0.05, 0) is 36.6 Å². The third-order valence-electron chi connectivity index (χ3n) is 4.79. The Bertz CT molecular complexity index is 1070. The summed E-state index contributed by atoms with van der Waals surface area (Å²) in [5.41, 5.74) is 16.7. The van der Waals surface area contributed by atoms with E-state index in [1.165, 1.54) is 11.3 Å². The van der Waals surface area contributed by atoms with E-state index in [0.717, 1.165) is 4.88 Å². The summed E-state index contributed by atoms with van der Waals surface area (Å²) in [6.45, 7) is -0.138. The smallest absolute Gasteiger partial charge is 0.303 e. The molecular formula is C21H27N7O4S. The van der Waals surface area contributed by atoms with E-state index in [2.05, 4.69) is 10.6 Å². The van der Waals surface area contributed by atoms with E-state index in [1.807, 2.05) is 0 Å². The minimum absolute atomic E-state index is 0.00211. The number of hydrogen-bond acceptors (Lipinski definition) is 7. The summed E-state index contributed by atoms with van der Waals surface area (Å²) >= 11 is 1.27. The first kappa shape index (κ1) is 25.5. The van der Waals surface area contributed by atoms with Crippen LogP contribution in [0.2, 0.25) is 0 Å². The van der Waals surface area contributed by atoms with E-state index in [1.54, 1.807) is 36.4 Å². The normalized spacial score (nSPS) is 12.4. The summed E-state index contributed by atoms with van der Waals surface area (Å²) in [5, 5.41) is 29.1. The average Bonchev–Trinajstić information content (AvgIpc) is 3.24. The molecule has 2 aromatic rings. The zero-order chi connectivity index (χ0) is 24.6. The molecule has 11 nitrogen and oxygen atoms in total. The Morgan fingerprint density at radius 1 is 1.06 bits per heavy atom. The number of hydrogen-bond donors (Lipinski definition) is 8. The molecule has 2 rings (SSSR count). The van der Waals surface area contributed by atoms with E-state index in [0.29, 0.717) is 16.0 Å². The fourth-order valence-corrected chi connectivity index (χ4v) is 3.84. The molecule has 0 fully saturated rings. The molecule has 0 aliphatic carbocycles. The number of rotatable bonds is 12. The van der Waals surface area contributed by atoms with Crippen LogP contribution in [-0.4, -0.2) is 46.6 Å². The number of carboxylic acid groups (broad SMARTS) is 1. The first-order valence-electron chi connectivity index (χ1n) is 9.92. The zero-order valence-electron chi connectivity index (χ0n) is 17.8. The number of thiophene rings is 1. The van der Waals surface area contributed by atoms with Gasteiger partial charge in [-0.2, -0.15) is 0 Å². The van der Waals surface area contributed by atoms with Crippen LogP contribution >= 0.6 is 11.3 Å². The monoisotopic (exact) mass is 473 g/mol. The maximum Gasteiger partial charge on any atom is 0.303 e. The largest absolute Gasteiger partial charge is 0.481 e. The molecule has 0 aliphatic heterocycles. The molecule has 12 heteroatoms. The van der Waals surface area contributed by atoms with Crippen molar-refractivity contribution < 1.29 is 19.5 Å². The van der Waals surface area contributed by atoms with Crippen LogP contribution in [0.4, 0.5) is 0 Å². The van der Waals surface area contributed by atoms with Gasteiger partial charge in [-0.3, -0.25) is 25.2 Å². The summed E-state index contributed by atoms with van der Waals surface area (Å²) in [4.78, 5) is 37.5. The standard InChI is InChI=1S/C21H27N7O4S/c22-18(23)13-3-1-2-12(8-13)9-21(26,7-6-17(30)31)20(32)28-11-16(29)27-10-14-4-5-15(33-14)19(24)25/h1-5,8H,6-7,9-11,26H2,(H3,22,23)(H3,24,25)(H,27,29)(H,28,32)(H,30,31)/t21-/m1/s1. The molecule has 176 valence electrons. The van der Waals surface area contributed by atoms with Crippen molar-refractivity contribution in [2.45, 2.75) is 31.3 Å². The van der Waals surface area contributed by atoms with Crippen LogP contribution in [0.3, 0.4) is 0 Å². The average molecular weight is 474 g/mol. The van der Waals surface area contributed by atoms with Crippen molar-refractivity contribution in [2.24, 2.45) is 17.2 Å². The highest BCUT2D eigenvalue weighted by Crippen LogP contribution is 2.19. The van der Waals surface area contributed by atoms with Gasteiger partial charge in [0.2, 0.25) is 11.8 Å². The number of aliphatic carboxylic acids is 1. The Morgan fingerprint density at radius 2 is 1.79 bits per heavy atom. The van der Waals surface area contributed by atoms with E-state index >= 15 is 0 Å². The highest BCUT2D eigenvalue weighted by molar-refractivity contribution is 7.14. The van der Waals surface area contributed by atoms with E-state index < -0.39 is 23.3 Å². The minimum Gasteiger partial charge on any atom is -0.481 e. The number of carbonyl (C=O) groups excluding carboxylic acids is 2. The first-order valence-corrected chi connectivity index (χ1v) is 10.7. The molecule has 0 saturated heterocycles. The topological polar surface area (TPSA) is 221 Å². The van der Waals surface area contributed by atoms with Crippen molar-refractivity contribution in [1.29, 1.82) is 10.8 Å². The van der Waals surface area contributed by atoms with Gasteiger partial charge in [-0.15, -0.1) is 11.3 Å². The van der Waals surface area contributed by atoms with Gasteiger partial charge in [0.25, 0.3) is 0 Å². The highest BCUT2D eigenvalue weighted by Gasteiger charge is 2.35. The Morgan fingerprint density at radius 3 is 2.39 bits per heavy atom. The fraction of sp³-hybridized carbons (Fsp3) is 0.286. The molecule has 1 atom stereocenters. The predicted molar refractivity (Wildman–Crippen MR) is 125 cm³/mol. The number of nitrogen functional groups attached to an aromatic ring is 2. The van der Waals surface area contributed by atoms with Gasteiger partial charge in [0, 0.05) is 16.9 Å². The quantitative estimate of drug-likeness (QED) is 0.154. The SMILES string of the molecule is N=C(N)c1cccc(C[C@](N)(CCC(=O)O)C(=O)NCC(=O)NCc2ccc(C(=N)N)s2)c1. The number of benzene rings is 1. The number of carboxylic acids is 1. The lowest BCUT2D eigenvalue weighted by atomic mass is 9.85.